The normalized spacial score (nSPS) is 11.5. The van der Waals surface area contributed by atoms with Gasteiger partial charge in [-0.3, -0.25) is 9.79 Å². The topological polar surface area (TPSA) is 84.1 Å². The molecule has 0 spiro atoms. The van der Waals surface area contributed by atoms with E-state index < -0.39 is 5.97 Å². The number of hydrogen-bond donors (Lipinski definition) is 1. The third-order valence-corrected chi connectivity index (χ3v) is 4.85. The maximum absolute atomic E-state index is 13.1. The average molecular weight is 421 g/mol. The number of fused-ring (bicyclic) bond motifs is 1. The molecule has 0 fully saturated rings. The lowest BCUT2D eigenvalue weighted by Crippen LogP contribution is -2.20. The zero-order valence-electron chi connectivity index (χ0n) is 18.0. The van der Waals surface area contributed by atoms with E-state index in [-0.39, 0.29) is 18.0 Å². The van der Waals surface area contributed by atoms with Gasteiger partial charge in [0.1, 0.15) is 0 Å². The first-order valence-electron chi connectivity index (χ1n) is 10.2. The fraction of sp³-hybridized carbons (Fsp3) is 0.292. The first kappa shape index (κ1) is 22.2. The molecule has 1 N–H and O–H groups in total. The third-order valence-electron chi connectivity index (χ3n) is 4.85. The van der Waals surface area contributed by atoms with Gasteiger partial charge >= 0.3 is 5.97 Å². The molecule has 0 saturated carbocycles. The van der Waals surface area contributed by atoms with Crippen molar-refractivity contribution in [1.82, 2.24) is 9.47 Å². The number of carbonyl (C=O) groups is 1. The van der Waals surface area contributed by atoms with E-state index in [0.717, 1.165) is 13.0 Å². The molecule has 0 radical (unpaired) electrons. The van der Waals surface area contributed by atoms with Crippen LogP contribution in [-0.2, 0) is 4.74 Å². The molecule has 0 aliphatic carbocycles. The van der Waals surface area contributed by atoms with Crippen LogP contribution in [0.3, 0.4) is 0 Å². The smallest absolute Gasteiger partial charge is 0.338 e. The number of aliphatic imine (C=N–C) groups is 1. The summed E-state index contributed by atoms with van der Waals surface area (Å²) in [6.07, 6.45) is 2.51. The predicted octanol–water partition coefficient (Wildman–Crippen LogP) is 3.24. The summed E-state index contributed by atoms with van der Waals surface area (Å²) in [6.45, 7) is 3.54. The number of benzene rings is 2. The molecule has 0 amide bonds. The van der Waals surface area contributed by atoms with Gasteiger partial charge in [-0.05, 0) is 64.3 Å². The highest BCUT2D eigenvalue weighted by Crippen LogP contribution is 2.26. The van der Waals surface area contributed by atoms with Crippen LogP contribution in [0.4, 0.5) is 0 Å². The van der Waals surface area contributed by atoms with Crippen molar-refractivity contribution in [3.8, 4) is 11.6 Å². The molecule has 0 saturated heterocycles. The second kappa shape index (κ2) is 10.0. The van der Waals surface area contributed by atoms with Crippen molar-refractivity contribution in [1.29, 1.82) is 0 Å². The molecule has 0 aliphatic rings. The maximum Gasteiger partial charge on any atom is 0.338 e. The van der Waals surface area contributed by atoms with Gasteiger partial charge in [0, 0.05) is 23.5 Å². The van der Waals surface area contributed by atoms with E-state index >= 15 is 0 Å². The Labute approximate surface area is 181 Å². The van der Waals surface area contributed by atoms with E-state index in [1.54, 1.807) is 55.6 Å². The van der Waals surface area contributed by atoms with E-state index in [4.69, 9.17) is 4.74 Å². The molecule has 0 bridgehead atoms. The van der Waals surface area contributed by atoms with Crippen molar-refractivity contribution in [3.05, 3.63) is 70.0 Å². The lowest BCUT2D eigenvalue weighted by Gasteiger charge is -2.14. The molecule has 7 heteroatoms. The van der Waals surface area contributed by atoms with Crippen LogP contribution in [0.2, 0.25) is 0 Å². The minimum absolute atomic E-state index is 0.191. The minimum atomic E-state index is -0.435. The van der Waals surface area contributed by atoms with Gasteiger partial charge < -0.3 is 14.7 Å². The molecule has 7 nitrogen and oxygen atoms in total. The summed E-state index contributed by atoms with van der Waals surface area (Å²) in [5, 5.41) is 12.1. The van der Waals surface area contributed by atoms with Gasteiger partial charge in [0.15, 0.2) is 0 Å². The van der Waals surface area contributed by atoms with Crippen molar-refractivity contribution >= 4 is 23.0 Å². The average Bonchev–Trinajstić information content (AvgIpc) is 2.76. The van der Waals surface area contributed by atoms with Crippen LogP contribution in [0, 0.1) is 0 Å². The molecule has 1 aromatic heterocycles. The summed E-state index contributed by atoms with van der Waals surface area (Å²) in [6, 6.07) is 13.5. The van der Waals surface area contributed by atoms with Crippen LogP contribution < -0.4 is 5.56 Å². The van der Waals surface area contributed by atoms with Crippen molar-refractivity contribution in [2.24, 2.45) is 4.99 Å². The van der Waals surface area contributed by atoms with Crippen LogP contribution in [0.15, 0.2) is 58.3 Å². The summed E-state index contributed by atoms with van der Waals surface area (Å²) >= 11 is 0. The number of nitrogens with zero attached hydrogens (tertiary/aromatic N) is 3. The summed E-state index contributed by atoms with van der Waals surface area (Å²) in [4.78, 5) is 31.6. The summed E-state index contributed by atoms with van der Waals surface area (Å²) in [5.41, 5.74) is 0.960. The third kappa shape index (κ3) is 5.00. The Balaban J connectivity index is 2.05. The molecular weight excluding hydrogens is 394 g/mol. The Hall–Kier alpha value is -3.45. The van der Waals surface area contributed by atoms with E-state index in [1.165, 1.54) is 4.57 Å². The first-order chi connectivity index (χ1) is 14.9. The Kier molecular flexibility index (Phi) is 7.20. The highest BCUT2D eigenvalue weighted by Gasteiger charge is 2.16. The fourth-order valence-electron chi connectivity index (χ4n) is 3.32. The number of hydrogen-bond acceptors (Lipinski definition) is 6. The van der Waals surface area contributed by atoms with Crippen LogP contribution in [0.5, 0.6) is 5.88 Å². The summed E-state index contributed by atoms with van der Waals surface area (Å²) < 4.78 is 6.23. The monoisotopic (exact) mass is 421 g/mol. The van der Waals surface area contributed by atoms with Crippen molar-refractivity contribution in [3.63, 3.8) is 0 Å². The van der Waals surface area contributed by atoms with Gasteiger partial charge in [0.2, 0.25) is 5.88 Å². The molecular formula is C24H27N3O4. The van der Waals surface area contributed by atoms with Gasteiger partial charge in [-0.1, -0.05) is 18.2 Å². The van der Waals surface area contributed by atoms with Gasteiger partial charge in [0.05, 0.1) is 23.4 Å². The number of ether oxygens (including phenoxy) is 1. The molecule has 2 aromatic carbocycles. The quantitative estimate of drug-likeness (QED) is 0.343. The van der Waals surface area contributed by atoms with E-state index in [9.17, 15) is 14.7 Å². The Morgan fingerprint density at radius 3 is 2.45 bits per heavy atom. The van der Waals surface area contributed by atoms with E-state index in [0.29, 0.717) is 34.1 Å². The van der Waals surface area contributed by atoms with Gasteiger partial charge in [-0.2, -0.15) is 0 Å². The molecule has 0 aliphatic heterocycles. The zero-order valence-corrected chi connectivity index (χ0v) is 18.0. The van der Waals surface area contributed by atoms with E-state index in [1.807, 2.05) is 20.2 Å². The van der Waals surface area contributed by atoms with Gasteiger partial charge in [0.25, 0.3) is 5.56 Å². The number of rotatable bonds is 8. The SMILES string of the molecule is CCOC(=O)c1ccc(-n2c(O)c(C=NCCCN(C)C)c3ccccc3c2=O)cc1. The maximum atomic E-state index is 13.1. The number of pyridine rings is 1. The number of carbonyl (C=O) groups excluding carboxylic acids is 1. The Bertz CT molecular complexity index is 1150. The summed E-state index contributed by atoms with van der Waals surface area (Å²) in [7, 11) is 4.01. The van der Waals surface area contributed by atoms with Crippen LogP contribution in [0.1, 0.15) is 29.3 Å². The van der Waals surface area contributed by atoms with Crippen molar-refractivity contribution in [2.45, 2.75) is 13.3 Å². The lowest BCUT2D eigenvalue weighted by molar-refractivity contribution is 0.0526. The molecule has 1 heterocycles. The first-order valence-corrected chi connectivity index (χ1v) is 10.2. The van der Waals surface area contributed by atoms with Crippen molar-refractivity contribution in [2.75, 3.05) is 33.8 Å². The van der Waals surface area contributed by atoms with E-state index in [2.05, 4.69) is 9.89 Å². The zero-order chi connectivity index (χ0) is 22.4. The second-order valence-electron chi connectivity index (χ2n) is 7.38. The van der Waals surface area contributed by atoms with Crippen LogP contribution in [-0.4, -0.2) is 60.5 Å². The fourth-order valence-corrected chi connectivity index (χ4v) is 3.32. The number of aromatic nitrogens is 1. The largest absolute Gasteiger partial charge is 0.494 e. The standard InChI is InChI=1S/C24H27N3O4/c1-4-31-24(30)17-10-12-18(13-11-17)27-22(28)20-9-6-5-8-19(20)21(23(27)29)16-25-14-7-15-26(2)3/h5-6,8-13,16,29H,4,7,14-15H2,1-3H3. The number of esters is 1. The molecule has 3 aromatic rings. The second-order valence-corrected chi connectivity index (χ2v) is 7.38. The van der Waals surface area contributed by atoms with Gasteiger partial charge in [-0.15, -0.1) is 0 Å². The Morgan fingerprint density at radius 2 is 1.81 bits per heavy atom. The van der Waals surface area contributed by atoms with Crippen molar-refractivity contribution < 1.29 is 14.6 Å². The van der Waals surface area contributed by atoms with Gasteiger partial charge in [-0.25, -0.2) is 9.36 Å². The minimum Gasteiger partial charge on any atom is -0.494 e. The highest BCUT2D eigenvalue weighted by molar-refractivity contribution is 6.01. The molecule has 31 heavy (non-hydrogen) atoms. The highest BCUT2D eigenvalue weighted by atomic mass is 16.5. The molecule has 0 atom stereocenters. The van der Waals surface area contributed by atoms with Crippen LogP contribution in [0.25, 0.3) is 16.5 Å². The Morgan fingerprint density at radius 1 is 1.13 bits per heavy atom. The molecule has 162 valence electrons. The summed E-state index contributed by atoms with van der Waals surface area (Å²) in [5.74, 6) is -0.626. The van der Waals surface area contributed by atoms with Crippen LogP contribution >= 0.6 is 0 Å². The lowest BCUT2D eigenvalue weighted by atomic mass is 10.1. The molecule has 3 rings (SSSR count). The molecule has 0 unspecified atom stereocenters. The number of aromatic hydroxyl groups is 1. The predicted molar refractivity (Wildman–Crippen MR) is 123 cm³/mol.